The summed E-state index contributed by atoms with van der Waals surface area (Å²) in [6.07, 6.45) is 2.42. The number of carboxylic acid groups (broad SMARTS) is 1. The first-order valence-corrected chi connectivity index (χ1v) is 6.09. The molecule has 6 heteroatoms. The van der Waals surface area contributed by atoms with Gasteiger partial charge in [0.15, 0.2) is 0 Å². The van der Waals surface area contributed by atoms with Crippen molar-refractivity contribution in [3.63, 3.8) is 0 Å². The van der Waals surface area contributed by atoms with E-state index in [0.717, 1.165) is 11.6 Å². The number of nitrogens with two attached hydrogens (primary N) is 1. The number of carbonyl (C=O) groups is 2. The number of carbonyl (C=O) groups excluding carboxylic acids is 1. The summed E-state index contributed by atoms with van der Waals surface area (Å²) >= 11 is 0. The second-order valence-corrected chi connectivity index (χ2v) is 4.14. The standard InChI is InChI=1S/C14H18N2O4/c1-20-12(9-15)8-13(17)16-11-5-2-10(3-6-11)4-7-14(18)19/h2-7,12H,8-9,15H2,1H3,(H,16,17)(H,18,19)/b7-4+. The molecule has 0 heterocycles. The molecule has 0 bridgehead atoms. The van der Waals surface area contributed by atoms with Crippen LogP contribution in [-0.4, -0.2) is 36.7 Å². The molecule has 0 saturated carbocycles. The third-order valence-corrected chi connectivity index (χ3v) is 2.62. The molecule has 1 aromatic rings. The van der Waals surface area contributed by atoms with Gasteiger partial charge in [-0.1, -0.05) is 12.1 Å². The number of rotatable bonds is 7. The van der Waals surface area contributed by atoms with Crippen LogP contribution in [0.5, 0.6) is 0 Å². The maximum atomic E-state index is 11.7. The SMILES string of the molecule is COC(CN)CC(=O)Nc1ccc(/C=C/C(=O)O)cc1. The Morgan fingerprint density at radius 3 is 2.55 bits per heavy atom. The molecule has 1 atom stereocenters. The Morgan fingerprint density at radius 2 is 2.05 bits per heavy atom. The highest BCUT2D eigenvalue weighted by molar-refractivity contribution is 5.91. The van der Waals surface area contributed by atoms with Gasteiger partial charge in [-0.15, -0.1) is 0 Å². The number of carboxylic acids is 1. The monoisotopic (exact) mass is 278 g/mol. The first-order valence-electron chi connectivity index (χ1n) is 6.09. The average molecular weight is 278 g/mol. The quantitative estimate of drug-likeness (QED) is 0.648. The number of amides is 1. The van der Waals surface area contributed by atoms with Crippen LogP contribution in [0.4, 0.5) is 5.69 Å². The molecule has 1 unspecified atom stereocenters. The summed E-state index contributed by atoms with van der Waals surface area (Å²) in [6.45, 7) is 0.281. The van der Waals surface area contributed by atoms with Gasteiger partial charge in [0.1, 0.15) is 0 Å². The van der Waals surface area contributed by atoms with E-state index in [-0.39, 0.29) is 25.0 Å². The van der Waals surface area contributed by atoms with Crippen molar-refractivity contribution in [3.8, 4) is 0 Å². The van der Waals surface area contributed by atoms with Gasteiger partial charge < -0.3 is 20.9 Å². The van der Waals surface area contributed by atoms with E-state index in [1.165, 1.54) is 13.2 Å². The van der Waals surface area contributed by atoms with Crippen LogP contribution in [-0.2, 0) is 14.3 Å². The molecule has 1 rings (SSSR count). The van der Waals surface area contributed by atoms with Gasteiger partial charge >= 0.3 is 5.97 Å². The number of hydrogen-bond acceptors (Lipinski definition) is 4. The first-order chi connectivity index (χ1) is 9.55. The fourth-order valence-electron chi connectivity index (χ4n) is 1.53. The van der Waals surface area contributed by atoms with E-state index in [0.29, 0.717) is 5.69 Å². The average Bonchev–Trinajstić information content (AvgIpc) is 2.44. The lowest BCUT2D eigenvalue weighted by Gasteiger charge is -2.12. The van der Waals surface area contributed by atoms with E-state index in [1.54, 1.807) is 24.3 Å². The van der Waals surface area contributed by atoms with Crippen molar-refractivity contribution < 1.29 is 19.4 Å². The zero-order chi connectivity index (χ0) is 15.0. The summed E-state index contributed by atoms with van der Waals surface area (Å²) in [5.41, 5.74) is 6.81. The topological polar surface area (TPSA) is 102 Å². The van der Waals surface area contributed by atoms with Crippen LogP contribution in [0.15, 0.2) is 30.3 Å². The van der Waals surface area contributed by atoms with E-state index in [4.69, 9.17) is 15.6 Å². The molecule has 108 valence electrons. The highest BCUT2D eigenvalue weighted by atomic mass is 16.5. The second-order valence-electron chi connectivity index (χ2n) is 4.14. The van der Waals surface area contributed by atoms with Crippen molar-refractivity contribution in [1.82, 2.24) is 0 Å². The minimum absolute atomic E-state index is 0.184. The first kappa shape index (κ1) is 15.9. The lowest BCUT2D eigenvalue weighted by atomic mass is 10.2. The summed E-state index contributed by atoms with van der Waals surface area (Å²) < 4.78 is 5.03. The highest BCUT2D eigenvalue weighted by Gasteiger charge is 2.11. The molecule has 0 aliphatic carbocycles. The van der Waals surface area contributed by atoms with Crippen molar-refractivity contribution in [1.29, 1.82) is 0 Å². The molecule has 4 N–H and O–H groups in total. The van der Waals surface area contributed by atoms with Crippen LogP contribution >= 0.6 is 0 Å². The third kappa shape index (κ3) is 5.64. The summed E-state index contributed by atoms with van der Waals surface area (Å²) in [5.74, 6) is -1.19. The number of aliphatic carboxylic acids is 1. The molecule has 0 spiro atoms. The van der Waals surface area contributed by atoms with Crippen molar-refractivity contribution in [2.24, 2.45) is 5.73 Å². The van der Waals surface area contributed by atoms with E-state index < -0.39 is 5.97 Å². The van der Waals surface area contributed by atoms with E-state index in [2.05, 4.69) is 5.32 Å². The summed E-state index contributed by atoms with van der Waals surface area (Å²) in [4.78, 5) is 22.1. The van der Waals surface area contributed by atoms with Crippen LogP contribution in [0.2, 0.25) is 0 Å². The Labute approximate surface area is 117 Å². The van der Waals surface area contributed by atoms with E-state index in [9.17, 15) is 9.59 Å². The molecule has 1 aromatic carbocycles. The van der Waals surface area contributed by atoms with Crippen LogP contribution in [0, 0.1) is 0 Å². The smallest absolute Gasteiger partial charge is 0.328 e. The largest absolute Gasteiger partial charge is 0.478 e. The zero-order valence-corrected chi connectivity index (χ0v) is 11.2. The van der Waals surface area contributed by atoms with Crippen molar-refractivity contribution >= 4 is 23.6 Å². The molecule has 0 saturated heterocycles. The van der Waals surface area contributed by atoms with Gasteiger partial charge in [-0.25, -0.2) is 4.79 Å². The molecule has 0 aromatic heterocycles. The number of ether oxygens (including phenoxy) is 1. The normalized spacial score (nSPS) is 12.3. The van der Waals surface area contributed by atoms with Crippen molar-refractivity contribution in [2.75, 3.05) is 19.0 Å². The number of nitrogens with one attached hydrogen (secondary N) is 1. The summed E-state index contributed by atoms with van der Waals surface area (Å²) in [6, 6.07) is 6.82. The predicted octanol–water partition coefficient (Wildman–Crippen LogP) is 1.09. The summed E-state index contributed by atoms with van der Waals surface area (Å²) in [7, 11) is 1.51. The second kappa shape index (κ2) is 8.08. The molecule has 6 nitrogen and oxygen atoms in total. The third-order valence-electron chi connectivity index (χ3n) is 2.62. The van der Waals surface area contributed by atoms with Crippen molar-refractivity contribution in [2.45, 2.75) is 12.5 Å². The maximum Gasteiger partial charge on any atom is 0.328 e. The Hall–Kier alpha value is -2.18. The number of hydrogen-bond donors (Lipinski definition) is 3. The Morgan fingerprint density at radius 1 is 1.40 bits per heavy atom. The van der Waals surface area contributed by atoms with E-state index >= 15 is 0 Å². The Kier molecular flexibility index (Phi) is 6.42. The molecule has 0 aliphatic rings. The predicted molar refractivity (Wildman–Crippen MR) is 76.2 cm³/mol. The molecular formula is C14H18N2O4. The summed E-state index contributed by atoms with van der Waals surface area (Å²) in [5, 5.41) is 11.2. The lowest BCUT2D eigenvalue weighted by molar-refractivity contribution is -0.131. The minimum atomic E-state index is -1.00. The van der Waals surface area contributed by atoms with Crippen LogP contribution in [0.1, 0.15) is 12.0 Å². The van der Waals surface area contributed by atoms with Gasteiger partial charge in [0.2, 0.25) is 5.91 Å². The van der Waals surface area contributed by atoms with E-state index in [1.807, 2.05) is 0 Å². The molecule has 0 fully saturated rings. The van der Waals surface area contributed by atoms with Crippen molar-refractivity contribution in [3.05, 3.63) is 35.9 Å². The zero-order valence-electron chi connectivity index (χ0n) is 11.2. The van der Waals surface area contributed by atoms with Gasteiger partial charge in [0, 0.05) is 25.4 Å². The maximum absolute atomic E-state index is 11.7. The fraction of sp³-hybridized carbons (Fsp3) is 0.286. The molecule has 1 amide bonds. The number of benzene rings is 1. The minimum Gasteiger partial charge on any atom is -0.478 e. The van der Waals surface area contributed by atoms with Crippen LogP contribution in [0.3, 0.4) is 0 Å². The Bertz CT molecular complexity index is 478. The van der Waals surface area contributed by atoms with Gasteiger partial charge in [-0.05, 0) is 23.8 Å². The molecule has 0 radical (unpaired) electrons. The Balaban J connectivity index is 2.57. The van der Waals surface area contributed by atoms with Gasteiger partial charge in [-0.3, -0.25) is 4.79 Å². The molecular weight excluding hydrogens is 260 g/mol. The number of methoxy groups -OCH3 is 1. The fourth-order valence-corrected chi connectivity index (χ4v) is 1.53. The lowest BCUT2D eigenvalue weighted by Crippen LogP contribution is -2.28. The highest BCUT2D eigenvalue weighted by Crippen LogP contribution is 2.11. The van der Waals surface area contributed by atoms with Gasteiger partial charge in [0.25, 0.3) is 0 Å². The van der Waals surface area contributed by atoms with Gasteiger partial charge in [-0.2, -0.15) is 0 Å². The van der Waals surface area contributed by atoms with Crippen LogP contribution in [0.25, 0.3) is 6.08 Å². The molecule has 0 aliphatic heterocycles. The van der Waals surface area contributed by atoms with Gasteiger partial charge in [0.05, 0.1) is 12.5 Å². The van der Waals surface area contributed by atoms with Crippen LogP contribution < -0.4 is 11.1 Å². The number of anilines is 1. The molecule has 20 heavy (non-hydrogen) atoms.